The third kappa shape index (κ3) is 4.57. The molecule has 1 atom stereocenters. The minimum atomic E-state index is -1.25. The normalized spacial score (nSPS) is 11.6. The van der Waals surface area contributed by atoms with Crippen LogP contribution in [0, 0.1) is 10.1 Å². The van der Waals surface area contributed by atoms with Crippen molar-refractivity contribution in [3.05, 3.63) is 27.8 Å². The van der Waals surface area contributed by atoms with Gasteiger partial charge in [0.15, 0.2) is 6.10 Å². The average Bonchev–Trinajstić information content (AvgIpc) is 2.53. The molecule has 0 heterocycles. The zero-order valence-corrected chi connectivity index (χ0v) is 13.5. The Morgan fingerprint density at radius 3 is 2.52 bits per heavy atom. The van der Waals surface area contributed by atoms with E-state index in [4.69, 9.17) is 9.84 Å². The summed E-state index contributed by atoms with van der Waals surface area (Å²) >= 11 is 1.26. The molecular weight excluding hydrogens is 328 g/mol. The Morgan fingerprint density at radius 2 is 2.09 bits per heavy atom. The summed E-state index contributed by atoms with van der Waals surface area (Å²) in [4.78, 5) is 34.0. The smallest absolute Gasteiger partial charge is 0.334 e. The summed E-state index contributed by atoms with van der Waals surface area (Å²) in [6, 6.07) is 2.49. The van der Waals surface area contributed by atoms with Gasteiger partial charge in [0.25, 0.3) is 11.6 Å². The number of nitrogens with one attached hydrogen (secondary N) is 1. The molecule has 23 heavy (non-hydrogen) atoms. The standard InChI is InChI=1S/C13H16N2O7S/c1-21-9-5-8(15(19)20)7(4-11(9)23-3)12(16)14-6-10(22-2)13(17)18/h4-5,10H,6H2,1-3H3,(H,14,16)(H,17,18). The third-order valence-electron chi connectivity index (χ3n) is 2.95. The molecule has 0 fully saturated rings. The van der Waals surface area contributed by atoms with Gasteiger partial charge in [-0.3, -0.25) is 14.9 Å². The molecule has 2 N–H and O–H groups in total. The lowest BCUT2D eigenvalue weighted by Crippen LogP contribution is -2.38. The van der Waals surface area contributed by atoms with Crippen LogP contribution in [0.1, 0.15) is 10.4 Å². The van der Waals surface area contributed by atoms with Crippen LogP contribution in [0.15, 0.2) is 17.0 Å². The first-order chi connectivity index (χ1) is 10.8. The van der Waals surface area contributed by atoms with E-state index >= 15 is 0 Å². The van der Waals surface area contributed by atoms with Crippen molar-refractivity contribution in [2.45, 2.75) is 11.0 Å². The van der Waals surface area contributed by atoms with Crippen LogP contribution >= 0.6 is 11.8 Å². The Bertz CT molecular complexity index is 621. The fourth-order valence-corrected chi connectivity index (χ4v) is 2.33. The Morgan fingerprint density at radius 1 is 1.43 bits per heavy atom. The summed E-state index contributed by atoms with van der Waals surface area (Å²) in [5, 5.41) is 22.3. The molecule has 126 valence electrons. The second kappa shape index (κ2) is 8.34. The molecule has 9 nitrogen and oxygen atoms in total. The van der Waals surface area contributed by atoms with Crippen molar-refractivity contribution >= 4 is 29.3 Å². The fraction of sp³-hybridized carbons (Fsp3) is 0.385. The number of carbonyl (C=O) groups is 2. The van der Waals surface area contributed by atoms with Gasteiger partial charge in [-0.05, 0) is 12.3 Å². The molecule has 0 aliphatic heterocycles. The zero-order chi connectivity index (χ0) is 17.6. The van der Waals surface area contributed by atoms with E-state index in [1.54, 1.807) is 6.26 Å². The van der Waals surface area contributed by atoms with Crippen molar-refractivity contribution in [2.75, 3.05) is 27.0 Å². The maximum atomic E-state index is 12.2. The topological polar surface area (TPSA) is 128 Å². The average molecular weight is 344 g/mol. The van der Waals surface area contributed by atoms with Gasteiger partial charge in [-0.15, -0.1) is 11.8 Å². The first-order valence-electron chi connectivity index (χ1n) is 6.29. The Hall–Kier alpha value is -2.33. The van der Waals surface area contributed by atoms with Gasteiger partial charge >= 0.3 is 5.97 Å². The molecule has 0 aliphatic rings. The van der Waals surface area contributed by atoms with E-state index in [-0.39, 0.29) is 17.9 Å². The molecule has 1 aromatic carbocycles. The molecular formula is C13H16N2O7S. The molecule has 0 radical (unpaired) electrons. The minimum absolute atomic E-state index is 0.180. The van der Waals surface area contributed by atoms with E-state index in [0.29, 0.717) is 4.90 Å². The number of amides is 1. The van der Waals surface area contributed by atoms with Gasteiger partial charge < -0.3 is 19.9 Å². The lowest BCUT2D eigenvalue weighted by molar-refractivity contribution is -0.385. The number of methoxy groups -OCH3 is 2. The lowest BCUT2D eigenvalue weighted by Gasteiger charge is -2.13. The van der Waals surface area contributed by atoms with Crippen LogP contribution in [0.2, 0.25) is 0 Å². The summed E-state index contributed by atoms with van der Waals surface area (Å²) in [6.45, 7) is -0.317. The number of rotatable bonds is 8. The summed E-state index contributed by atoms with van der Waals surface area (Å²) in [5.41, 5.74) is -0.609. The quantitative estimate of drug-likeness (QED) is 0.408. The second-order valence-electron chi connectivity index (χ2n) is 4.25. The molecule has 0 aliphatic carbocycles. The highest BCUT2D eigenvalue weighted by Crippen LogP contribution is 2.34. The third-order valence-corrected chi connectivity index (χ3v) is 3.71. The number of aliphatic carboxylic acids is 1. The van der Waals surface area contributed by atoms with E-state index in [0.717, 1.165) is 6.07 Å². The van der Waals surface area contributed by atoms with Crippen molar-refractivity contribution in [1.29, 1.82) is 0 Å². The number of ether oxygens (including phenoxy) is 2. The summed E-state index contributed by atoms with van der Waals surface area (Å²) in [5.74, 6) is -1.74. The number of carbonyl (C=O) groups excluding carboxylic acids is 1. The maximum absolute atomic E-state index is 12.2. The number of carboxylic acids is 1. The molecule has 1 unspecified atom stereocenters. The van der Waals surface area contributed by atoms with Crippen LogP contribution < -0.4 is 10.1 Å². The monoisotopic (exact) mass is 344 g/mol. The SMILES string of the molecule is COc1cc([N+](=O)[O-])c(C(=O)NCC(OC)C(=O)O)cc1SC. The lowest BCUT2D eigenvalue weighted by atomic mass is 10.1. The Labute approximate surface area is 136 Å². The predicted octanol–water partition coefficient (Wildman–Crippen LogP) is 1.15. The van der Waals surface area contributed by atoms with Gasteiger partial charge in [-0.25, -0.2) is 4.79 Å². The van der Waals surface area contributed by atoms with Gasteiger partial charge in [0.05, 0.1) is 29.5 Å². The molecule has 10 heteroatoms. The minimum Gasteiger partial charge on any atom is -0.495 e. The molecule has 0 aromatic heterocycles. The number of carboxylic acid groups (broad SMARTS) is 1. The summed E-state index contributed by atoms with van der Waals surface area (Å²) < 4.78 is 9.74. The predicted molar refractivity (Wildman–Crippen MR) is 82.2 cm³/mol. The summed E-state index contributed by atoms with van der Waals surface area (Å²) in [6.07, 6.45) is 0.493. The highest BCUT2D eigenvalue weighted by atomic mass is 32.2. The van der Waals surface area contributed by atoms with Crippen molar-refractivity contribution in [2.24, 2.45) is 0 Å². The van der Waals surface area contributed by atoms with Crippen molar-refractivity contribution < 1.29 is 29.1 Å². The Kier molecular flexibility index (Phi) is 6.79. The molecule has 1 aromatic rings. The van der Waals surface area contributed by atoms with Crippen molar-refractivity contribution in [1.82, 2.24) is 5.32 Å². The number of nitrogens with zero attached hydrogens (tertiary/aromatic N) is 1. The molecule has 1 amide bonds. The number of hydrogen-bond donors (Lipinski definition) is 2. The van der Waals surface area contributed by atoms with Crippen molar-refractivity contribution in [3.8, 4) is 5.75 Å². The zero-order valence-electron chi connectivity index (χ0n) is 12.7. The number of thioether (sulfide) groups is 1. The van der Waals surface area contributed by atoms with Crippen LogP contribution in [0.5, 0.6) is 5.75 Å². The number of nitro groups is 1. The van der Waals surface area contributed by atoms with Crippen LogP contribution in [0.4, 0.5) is 5.69 Å². The van der Waals surface area contributed by atoms with Crippen LogP contribution in [0.25, 0.3) is 0 Å². The van der Waals surface area contributed by atoms with Crippen LogP contribution in [-0.4, -0.2) is 55.0 Å². The van der Waals surface area contributed by atoms with E-state index < -0.39 is 28.6 Å². The maximum Gasteiger partial charge on any atom is 0.334 e. The Balaban J connectivity index is 3.11. The van der Waals surface area contributed by atoms with Gasteiger partial charge in [0, 0.05) is 7.11 Å². The molecule has 0 saturated carbocycles. The van der Waals surface area contributed by atoms with Crippen LogP contribution in [0.3, 0.4) is 0 Å². The summed E-state index contributed by atoms with van der Waals surface area (Å²) in [7, 11) is 2.56. The molecule has 1 rings (SSSR count). The number of nitro benzene ring substituents is 1. The fourth-order valence-electron chi connectivity index (χ4n) is 1.75. The molecule has 0 spiro atoms. The number of hydrogen-bond acceptors (Lipinski definition) is 7. The first kappa shape index (κ1) is 18.7. The largest absolute Gasteiger partial charge is 0.495 e. The van der Waals surface area contributed by atoms with Crippen LogP contribution in [-0.2, 0) is 9.53 Å². The highest BCUT2D eigenvalue weighted by Gasteiger charge is 2.25. The van der Waals surface area contributed by atoms with Gasteiger partial charge in [0.1, 0.15) is 11.3 Å². The van der Waals surface area contributed by atoms with E-state index in [9.17, 15) is 19.7 Å². The first-order valence-corrected chi connectivity index (χ1v) is 7.52. The van der Waals surface area contributed by atoms with E-state index in [1.165, 1.54) is 32.0 Å². The highest BCUT2D eigenvalue weighted by molar-refractivity contribution is 7.98. The van der Waals surface area contributed by atoms with E-state index in [2.05, 4.69) is 10.1 Å². The van der Waals surface area contributed by atoms with Crippen molar-refractivity contribution in [3.63, 3.8) is 0 Å². The molecule has 0 saturated heterocycles. The molecule has 0 bridgehead atoms. The van der Waals surface area contributed by atoms with Gasteiger partial charge in [-0.2, -0.15) is 0 Å². The van der Waals surface area contributed by atoms with Gasteiger partial charge in [-0.1, -0.05) is 0 Å². The number of benzene rings is 1. The van der Waals surface area contributed by atoms with E-state index in [1.807, 2.05) is 0 Å². The van der Waals surface area contributed by atoms with Gasteiger partial charge in [0.2, 0.25) is 0 Å². The second-order valence-corrected chi connectivity index (χ2v) is 5.10.